The van der Waals surface area contributed by atoms with Gasteiger partial charge >= 0.3 is 0 Å². The number of ether oxygens (including phenoxy) is 1. The fourth-order valence-corrected chi connectivity index (χ4v) is 5.31. The number of nitrogens with one attached hydrogen (secondary N) is 3. The number of nitrogens with zero attached hydrogens (tertiary/aromatic N) is 2. The van der Waals surface area contributed by atoms with E-state index >= 15 is 0 Å². The normalized spacial score (nSPS) is 12.1. The number of aryl methyl sites for hydroxylation is 1. The number of nitrogens with two attached hydrogens (primary N) is 2. The summed E-state index contributed by atoms with van der Waals surface area (Å²) in [5, 5.41) is 4.75. The Morgan fingerprint density at radius 1 is 1.07 bits per heavy atom. The van der Waals surface area contributed by atoms with Crippen LogP contribution in [0.3, 0.4) is 0 Å². The molecular weight excluding hydrogens is 530 g/mol. The number of sulfonamides is 1. The third-order valence-corrected chi connectivity index (χ3v) is 7.58. The van der Waals surface area contributed by atoms with Crippen LogP contribution in [0, 0.1) is 6.92 Å². The van der Waals surface area contributed by atoms with Crippen molar-refractivity contribution < 1.29 is 17.9 Å². The van der Waals surface area contributed by atoms with E-state index in [9.17, 15) is 13.2 Å². The first-order chi connectivity index (χ1) is 18.6. The Balaban J connectivity index is 0.00000370. The zero-order valence-corrected chi connectivity index (χ0v) is 22.0. The summed E-state index contributed by atoms with van der Waals surface area (Å²) in [6.45, 7) is 4.19. The Labute approximate surface area is 232 Å². The summed E-state index contributed by atoms with van der Waals surface area (Å²) in [7, 11) is -4.24. The SMILES string of the molecule is C.CCOc1cc(C(Nc2ccc3c(N)nccc3c2)C(=O)NS(=O)(=O)c2ccc3nc(N)[nH]c3c2)ccc1C. The number of hydrogen-bond donors (Lipinski definition) is 5. The number of carbonyl (C=O) groups is 1. The third kappa shape index (κ3) is 5.61. The van der Waals surface area contributed by atoms with Gasteiger partial charge in [0.05, 0.1) is 22.5 Å². The molecular formula is C28H31N7O4S. The van der Waals surface area contributed by atoms with Gasteiger partial charge in [-0.1, -0.05) is 19.6 Å². The van der Waals surface area contributed by atoms with E-state index in [1.54, 1.807) is 36.5 Å². The summed E-state index contributed by atoms with van der Waals surface area (Å²) in [5.41, 5.74) is 14.6. The van der Waals surface area contributed by atoms with Gasteiger partial charge in [0.2, 0.25) is 0 Å². The quantitative estimate of drug-likeness (QED) is 0.185. The van der Waals surface area contributed by atoms with E-state index in [4.69, 9.17) is 16.2 Å². The smallest absolute Gasteiger partial charge is 0.264 e. The van der Waals surface area contributed by atoms with Gasteiger partial charge in [0.25, 0.3) is 15.9 Å². The van der Waals surface area contributed by atoms with Crippen molar-refractivity contribution in [1.82, 2.24) is 19.7 Å². The van der Waals surface area contributed by atoms with E-state index in [0.29, 0.717) is 40.5 Å². The Morgan fingerprint density at radius 2 is 1.88 bits per heavy atom. The molecule has 2 heterocycles. The second-order valence-corrected chi connectivity index (χ2v) is 10.6. The van der Waals surface area contributed by atoms with Crippen molar-refractivity contribution in [3.63, 3.8) is 0 Å². The molecule has 12 heteroatoms. The lowest BCUT2D eigenvalue weighted by molar-refractivity contribution is -0.120. The number of rotatable bonds is 8. The number of aromatic amines is 1. The number of aromatic nitrogens is 3. The van der Waals surface area contributed by atoms with Gasteiger partial charge in [-0.05, 0) is 78.9 Å². The highest BCUT2D eigenvalue weighted by molar-refractivity contribution is 7.90. The molecule has 0 fully saturated rings. The van der Waals surface area contributed by atoms with Crippen LogP contribution in [-0.2, 0) is 14.8 Å². The number of nitrogen functional groups attached to an aromatic ring is 2. The molecule has 0 aliphatic rings. The molecule has 0 aliphatic heterocycles. The first kappa shape index (κ1) is 28.2. The van der Waals surface area contributed by atoms with Crippen LogP contribution in [-0.4, -0.2) is 35.9 Å². The van der Waals surface area contributed by atoms with Gasteiger partial charge in [-0.3, -0.25) is 4.79 Å². The van der Waals surface area contributed by atoms with Crippen LogP contribution in [0.2, 0.25) is 0 Å². The molecule has 0 saturated heterocycles. The van der Waals surface area contributed by atoms with Gasteiger partial charge in [-0.25, -0.2) is 23.1 Å². The summed E-state index contributed by atoms with van der Waals surface area (Å²) < 4.78 is 34.4. The molecule has 5 rings (SSSR count). The zero-order valence-electron chi connectivity index (χ0n) is 21.2. The predicted molar refractivity (Wildman–Crippen MR) is 157 cm³/mol. The molecule has 1 amide bonds. The van der Waals surface area contributed by atoms with Gasteiger partial charge in [0.15, 0.2) is 5.95 Å². The van der Waals surface area contributed by atoms with Crippen molar-refractivity contribution in [2.24, 2.45) is 0 Å². The molecule has 2 aromatic heterocycles. The average molecular weight is 562 g/mol. The molecule has 3 aromatic carbocycles. The number of hydrogen-bond acceptors (Lipinski definition) is 9. The first-order valence-electron chi connectivity index (χ1n) is 12.1. The standard InChI is InChI=1S/C27H27N7O4S.CH4/c1-3-38-23-13-17(5-4-15(23)2)24(31-18-6-8-20-16(12-18)10-11-30-25(20)28)26(35)34-39(36,37)19-7-9-21-22(14-19)33-27(29)32-21;/h4-14,24,31H,3H2,1-2H3,(H2,28,30)(H,34,35)(H3,29,32,33);1H4. The Bertz CT molecular complexity index is 1820. The molecule has 1 atom stereocenters. The number of carbonyl (C=O) groups excluding carboxylic acids is 1. The second-order valence-electron chi connectivity index (χ2n) is 8.94. The summed E-state index contributed by atoms with van der Waals surface area (Å²) in [4.78, 5) is 24.5. The van der Waals surface area contributed by atoms with Crippen molar-refractivity contribution in [2.45, 2.75) is 32.2 Å². The second kappa shape index (κ2) is 11.1. The van der Waals surface area contributed by atoms with Crippen LogP contribution in [0.5, 0.6) is 5.75 Å². The number of fused-ring (bicyclic) bond motifs is 2. The van der Waals surface area contributed by atoms with Crippen LogP contribution < -0.4 is 26.2 Å². The lowest BCUT2D eigenvalue weighted by Gasteiger charge is -2.21. The fourth-order valence-electron chi connectivity index (χ4n) is 4.29. The number of benzene rings is 3. The van der Waals surface area contributed by atoms with E-state index in [1.165, 1.54) is 18.2 Å². The van der Waals surface area contributed by atoms with Crippen LogP contribution in [0.1, 0.15) is 31.5 Å². The zero-order chi connectivity index (χ0) is 27.7. The molecule has 0 aliphatic carbocycles. The largest absolute Gasteiger partial charge is 0.494 e. The molecule has 0 radical (unpaired) electrons. The molecule has 0 saturated carbocycles. The predicted octanol–water partition coefficient (Wildman–Crippen LogP) is 4.28. The van der Waals surface area contributed by atoms with E-state index in [1.807, 2.05) is 26.0 Å². The Kier molecular flexibility index (Phi) is 7.82. The van der Waals surface area contributed by atoms with Crippen molar-refractivity contribution in [2.75, 3.05) is 23.4 Å². The van der Waals surface area contributed by atoms with Gasteiger partial charge in [-0.15, -0.1) is 0 Å². The van der Waals surface area contributed by atoms with Crippen LogP contribution in [0.25, 0.3) is 21.8 Å². The molecule has 7 N–H and O–H groups in total. The minimum Gasteiger partial charge on any atom is -0.494 e. The van der Waals surface area contributed by atoms with E-state index in [2.05, 4.69) is 25.0 Å². The maximum atomic E-state index is 13.6. The molecule has 208 valence electrons. The van der Waals surface area contributed by atoms with Gasteiger partial charge in [-0.2, -0.15) is 0 Å². The van der Waals surface area contributed by atoms with Crippen molar-refractivity contribution in [1.29, 1.82) is 0 Å². The maximum absolute atomic E-state index is 13.6. The fraction of sp³-hybridized carbons (Fsp3) is 0.179. The topological polar surface area (TPSA) is 178 Å². The Morgan fingerprint density at radius 3 is 2.65 bits per heavy atom. The molecule has 0 spiro atoms. The van der Waals surface area contributed by atoms with Crippen molar-refractivity contribution in [3.05, 3.63) is 78.0 Å². The Hall–Kier alpha value is -4.84. The summed E-state index contributed by atoms with van der Waals surface area (Å²) in [6.07, 6.45) is 1.59. The highest BCUT2D eigenvalue weighted by Crippen LogP contribution is 2.29. The van der Waals surface area contributed by atoms with Crippen molar-refractivity contribution >= 4 is 55.2 Å². The van der Waals surface area contributed by atoms with E-state index in [-0.39, 0.29) is 18.3 Å². The van der Waals surface area contributed by atoms with E-state index in [0.717, 1.165) is 16.3 Å². The van der Waals surface area contributed by atoms with Gasteiger partial charge < -0.3 is 26.5 Å². The maximum Gasteiger partial charge on any atom is 0.264 e. The number of H-pyrrole nitrogens is 1. The monoisotopic (exact) mass is 561 g/mol. The number of amides is 1. The van der Waals surface area contributed by atoms with Gasteiger partial charge in [0.1, 0.15) is 17.6 Å². The summed E-state index contributed by atoms with van der Waals surface area (Å²) in [5.74, 6) is 0.359. The average Bonchev–Trinajstić information content (AvgIpc) is 3.28. The first-order valence-corrected chi connectivity index (χ1v) is 13.6. The third-order valence-electron chi connectivity index (χ3n) is 6.23. The minimum absolute atomic E-state index is 0. The lowest BCUT2D eigenvalue weighted by atomic mass is 10.0. The minimum atomic E-state index is -4.24. The van der Waals surface area contributed by atoms with Crippen molar-refractivity contribution in [3.8, 4) is 5.75 Å². The number of imidazole rings is 1. The summed E-state index contributed by atoms with van der Waals surface area (Å²) >= 11 is 0. The van der Waals surface area contributed by atoms with Crippen LogP contribution in [0.15, 0.2) is 71.8 Å². The highest BCUT2D eigenvalue weighted by atomic mass is 32.2. The molecule has 11 nitrogen and oxygen atoms in total. The highest BCUT2D eigenvalue weighted by Gasteiger charge is 2.27. The van der Waals surface area contributed by atoms with Crippen LogP contribution >= 0.6 is 0 Å². The van der Waals surface area contributed by atoms with Crippen LogP contribution in [0.4, 0.5) is 17.5 Å². The molecule has 0 bridgehead atoms. The number of anilines is 3. The van der Waals surface area contributed by atoms with Gasteiger partial charge in [0, 0.05) is 17.3 Å². The number of pyridine rings is 1. The lowest BCUT2D eigenvalue weighted by Crippen LogP contribution is -2.37. The molecule has 40 heavy (non-hydrogen) atoms. The van der Waals surface area contributed by atoms with E-state index < -0.39 is 22.0 Å². The molecule has 1 unspecified atom stereocenters. The molecule has 5 aromatic rings. The summed E-state index contributed by atoms with van der Waals surface area (Å²) in [6, 6.07) is 15.6.